The molecule has 0 unspecified atom stereocenters. The van der Waals surface area contributed by atoms with Gasteiger partial charge in [0.05, 0.1) is 13.0 Å². The summed E-state index contributed by atoms with van der Waals surface area (Å²) in [6.07, 6.45) is 5.13. The molecule has 0 fully saturated rings. The Bertz CT molecular complexity index is 129. The van der Waals surface area contributed by atoms with Gasteiger partial charge in [0.25, 0.3) is 0 Å². The molecule has 0 saturated heterocycles. The van der Waals surface area contributed by atoms with Crippen molar-refractivity contribution < 1.29 is 9.53 Å². The summed E-state index contributed by atoms with van der Waals surface area (Å²) in [4.78, 5) is 10.6. The molecule has 0 heterocycles. The quantitative estimate of drug-likeness (QED) is 0.258. The van der Waals surface area contributed by atoms with Gasteiger partial charge in [0.15, 0.2) is 0 Å². The van der Waals surface area contributed by atoms with Crippen molar-refractivity contribution in [3.63, 3.8) is 0 Å². The van der Waals surface area contributed by atoms with Crippen molar-refractivity contribution in [3.05, 3.63) is 0 Å². The van der Waals surface area contributed by atoms with E-state index in [1.807, 2.05) is 0 Å². The number of carbonyl (C=O) groups excluding carboxylic acids is 1. The van der Waals surface area contributed by atoms with Crippen LogP contribution in [0.15, 0.2) is 0 Å². The minimum absolute atomic E-state index is 0.173. The molecule has 3 N–H and O–H groups in total. The number of unbranched alkanes of at least 4 members (excludes halogenated alkanes) is 3. The molecule has 0 aromatic heterocycles. The zero-order valence-electron chi connectivity index (χ0n) is 8.34. The van der Waals surface area contributed by atoms with E-state index in [0.29, 0.717) is 13.0 Å². The first-order valence-corrected chi connectivity index (χ1v) is 4.88. The van der Waals surface area contributed by atoms with Crippen molar-refractivity contribution in [2.75, 3.05) is 13.2 Å². The molecule has 13 heavy (non-hydrogen) atoms. The van der Waals surface area contributed by atoms with Gasteiger partial charge in [-0.25, -0.2) is 5.84 Å². The summed E-state index contributed by atoms with van der Waals surface area (Å²) in [5.74, 6) is 4.72. The molecule has 1 amide bonds. The molecule has 0 aromatic carbocycles. The summed E-state index contributed by atoms with van der Waals surface area (Å²) in [5.41, 5.74) is 2.06. The van der Waals surface area contributed by atoms with Crippen LogP contribution in [0.3, 0.4) is 0 Å². The Morgan fingerprint density at radius 1 is 1.31 bits per heavy atom. The standard InChI is InChI=1S/C9H20N2O2/c1-2-3-4-5-7-13-8-6-9(12)11-10/h2-8,10H2,1H3,(H,11,12). The Kier molecular flexibility index (Phi) is 9.03. The minimum Gasteiger partial charge on any atom is -0.381 e. The lowest BCUT2D eigenvalue weighted by Gasteiger charge is -2.02. The molecule has 4 nitrogen and oxygen atoms in total. The first-order chi connectivity index (χ1) is 6.31. The van der Waals surface area contributed by atoms with E-state index in [2.05, 4.69) is 12.3 Å². The summed E-state index contributed by atoms with van der Waals surface area (Å²) in [6, 6.07) is 0. The average Bonchev–Trinajstić information content (AvgIpc) is 2.16. The molecule has 0 spiro atoms. The molecular weight excluding hydrogens is 168 g/mol. The van der Waals surface area contributed by atoms with Crippen LogP contribution in [0.2, 0.25) is 0 Å². The Morgan fingerprint density at radius 3 is 2.69 bits per heavy atom. The average molecular weight is 188 g/mol. The highest BCUT2D eigenvalue weighted by Crippen LogP contribution is 1.98. The number of carbonyl (C=O) groups is 1. The van der Waals surface area contributed by atoms with Gasteiger partial charge < -0.3 is 4.74 Å². The van der Waals surface area contributed by atoms with Crippen LogP contribution in [-0.2, 0) is 9.53 Å². The maximum atomic E-state index is 10.6. The van der Waals surface area contributed by atoms with Crippen molar-refractivity contribution in [2.45, 2.75) is 39.0 Å². The third-order valence-electron chi connectivity index (χ3n) is 1.78. The second-order valence-corrected chi connectivity index (χ2v) is 2.99. The topological polar surface area (TPSA) is 64.3 Å². The smallest absolute Gasteiger partial charge is 0.236 e. The van der Waals surface area contributed by atoms with Gasteiger partial charge in [-0.3, -0.25) is 10.2 Å². The van der Waals surface area contributed by atoms with Gasteiger partial charge in [0, 0.05) is 6.61 Å². The van der Waals surface area contributed by atoms with Crippen LogP contribution < -0.4 is 11.3 Å². The van der Waals surface area contributed by atoms with E-state index in [4.69, 9.17) is 10.6 Å². The lowest BCUT2D eigenvalue weighted by molar-refractivity contribution is -0.122. The predicted octanol–water partition coefficient (Wildman–Crippen LogP) is 0.963. The van der Waals surface area contributed by atoms with Crippen LogP contribution in [0.25, 0.3) is 0 Å². The molecule has 0 aliphatic heterocycles. The first kappa shape index (κ1) is 12.4. The number of nitrogens with one attached hydrogen (secondary N) is 1. The summed E-state index contributed by atoms with van der Waals surface area (Å²) >= 11 is 0. The number of rotatable bonds is 8. The lowest BCUT2D eigenvalue weighted by atomic mass is 10.2. The predicted molar refractivity (Wildman–Crippen MR) is 51.9 cm³/mol. The van der Waals surface area contributed by atoms with E-state index >= 15 is 0 Å². The van der Waals surface area contributed by atoms with Crippen molar-refractivity contribution >= 4 is 5.91 Å². The van der Waals surface area contributed by atoms with Crippen LogP contribution >= 0.6 is 0 Å². The summed E-state index contributed by atoms with van der Waals surface area (Å²) < 4.78 is 5.24. The second kappa shape index (κ2) is 9.48. The van der Waals surface area contributed by atoms with E-state index in [1.165, 1.54) is 19.3 Å². The molecule has 0 aliphatic rings. The first-order valence-electron chi connectivity index (χ1n) is 4.88. The van der Waals surface area contributed by atoms with Crippen LogP contribution in [0.5, 0.6) is 0 Å². The van der Waals surface area contributed by atoms with Gasteiger partial charge in [-0.15, -0.1) is 0 Å². The number of nitrogens with two attached hydrogens (primary N) is 1. The van der Waals surface area contributed by atoms with Gasteiger partial charge in [0.2, 0.25) is 5.91 Å². The number of ether oxygens (including phenoxy) is 1. The zero-order chi connectivity index (χ0) is 9.94. The highest BCUT2D eigenvalue weighted by atomic mass is 16.5. The number of hydrazine groups is 1. The van der Waals surface area contributed by atoms with Crippen molar-refractivity contribution in [1.29, 1.82) is 0 Å². The van der Waals surface area contributed by atoms with E-state index in [9.17, 15) is 4.79 Å². The van der Waals surface area contributed by atoms with Gasteiger partial charge in [-0.1, -0.05) is 26.2 Å². The van der Waals surface area contributed by atoms with Gasteiger partial charge in [-0.05, 0) is 6.42 Å². The maximum Gasteiger partial charge on any atom is 0.236 e. The molecule has 0 radical (unpaired) electrons. The molecular formula is C9H20N2O2. The van der Waals surface area contributed by atoms with Crippen LogP contribution in [0.1, 0.15) is 39.0 Å². The fraction of sp³-hybridized carbons (Fsp3) is 0.889. The Morgan fingerprint density at radius 2 is 2.08 bits per heavy atom. The third-order valence-corrected chi connectivity index (χ3v) is 1.78. The summed E-state index contributed by atoms with van der Waals surface area (Å²) in [7, 11) is 0. The van der Waals surface area contributed by atoms with Crippen LogP contribution in [0, 0.1) is 0 Å². The fourth-order valence-electron chi connectivity index (χ4n) is 0.970. The molecule has 0 saturated carbocycles. The normalized spacial score (nSPS) is 10.0. The van der Waals surface area contributed by atoms with Gasteiger partial charge in [0.1, 0.15) is 0 Å². The molecule has 0 aliphatic carbocycles. The highest BCUT2D eigenvalue weighted by molar-refractivity contribution is 5.75. The second-order valence-electron chi connectivity index (χ2n) is 2.99. The van der Waals surface area contributed by atoms with Crippen LogP contribution in [-0.4, -0.2) is 19.1 Å². The van der Waals surface area contributed by atoms with E-state index in [-0.39, 0.29) is 5.91 Å². The Hall–Kier alpha value is -0.610. The highest BCUT2D eigenvalue weighted by Gasteiger charge is 1.96. The molecule has 78 valence electrons. The van der Waals surface area contributed by atoms with Gasteiger partial charge in [-0.2, -0.15) is 0 Å². The Balaban J connectivity index is 2.95. The van der Waals surface area contributed by atoms with Crippen molar-refractivity contribution in [1.82, 2.24) is 5.43 Å². The SMILES string of the molecule is CCCCCCOCCC(=O)NN. The lowest BCUT2D eigenvalue weighted by Crippen LogP contribution is -2.30. The molecule has 0 atom stereocenters. The van der Waals surface area contributed by atoms with E-state index in [1.54, 1.807) is 0 Å². The molecule has 0 bridgehead atoms. The minimum atomic E-state index is -0.173. The van der Waals surface area contributed by atoms with Crippen LogP contribution in [0.4, 0.5) is 0 Å². The largest absolute Gasteiger partial charge is 0.381 e. The third kappa shape index (κ3) is 9.30. The summed E-state index contributed by atoms with van der Waals surface area (Å²) in [5, 5.41) is 0. The fourth-order valence-corrected chi connectivity index (χ4v) is 0.970. The van der Waals surface area contributed by atoms with E-state index < -0.39 is 0 Å². The number of hydrogen-bond acceptors (Lipinski definition) is 3. The zero-order valence-corrected chi connectivity index (χ0v) is 8.34. The Labute approximate surface area is 79.8 Å². The van der Waals surface area contributed by atoms with E-state index in [0.717, 1.165) is 13.0 Å². The molecule has 4 heteroatoms. The maximum absolute atomic E-state index is 10.6. The molecule has 0 rings (SSSR count). The number of hydrogen-bond donors (Lipinski definition) is 2. The molecule has 0 aromatic rings. The number of amides is 1. The summed E-state index contributed by atoms with van der Waals surface area (Å²) in [6.45, 7) is 3.39. The van der Waals surface area contributed by atoms with Crippen molar-refractivity contribution in [2.24, 2.45) is 5.84 Å². The van der Waals surface area contributed by atoms with Gasteiger partial charge >= 0.3 is 0 Å². The monoisotopic (exact) mass is 188 g/mol. The van der Waals surface area contributed by atoms with Crippen molar-refractivity contribution in [3.8, 4) is 0 Å².